The molecule has 0 unspecified atom stereocenters. The third-order valence-electron chi connectivity index (χ3n) is 3.97. The van der Waals surface area contributed by atoms with Crippen molar-refractivity contribution in [2.45, 2.75) is 19.9 Å². The van der Waals surface area contributed by atoms with Gasteiger partial charge < -0.3 is 19.7 Å². The van der Waals surface area contributed by atoms with E-state index in [0.29, 0.717) is 18.0 Å². The maximum atomic E-state index is 12.1. The van der Waals surface area contributed by atoms with Gasteiger partial charge in [-0.2, -0.15) is 0 Å². The molecule has 0 saturated carbocycles. The molecule has 0 fully saturated rings. The van der Waals surface area contributed by atoms with Gasteiger partial charge >= 0.3 is 0 Å². The molecule has 0 spiro atoms. The average molecular weight is 356 g/mol. The van der Waals surface area contributed by atoms with Gasteiger partial charge in [0.15, 0.2) is 0 Å². The van der Waals surface area contributed by atoms with Crippen LogP contribution in [0.15, 0.2) is 48.5 Å². The molecule has 26 heavy (non-hydrogen) atoms. The van der Waals surface area contributed by atoms with Gasteiger partial charge in [-0.15, -0.1) is 0 Å². The van der Waals surface area contributed by atoms with Crippen LogP contribution in [0.5, 0.6) is 11.5 Å². The monoisotopic (exact) mass is 356 g/mol. The predicted octanol–water partition coefficient (Wildman–Crippen LogP) is 2.76. The zero-order valence-electron chi connectivity index (χ0n) is 15.3. The van der Waals surface area contributed by atoms with Gasteiger partial charge in [0, 0.05) is 26.4 Å². The molecule has 0 saturated heterocycles. The van der Waals surface area contributed by atoms with Crippen LogP contribution in [0.2, 0.25) is 0 Å². The lowest BCUT2D eigenvalue weighted by molar-refractivity contribution is -0.121. The summed E-state index contributed by atoms with van der Waals surface area (Å²) in [5.41, 5.74) is 1.64. The number of methoxy groups -OCH3 is 2. The number of hydrogen-bond donors (Lipinski definition) is 1. The van der Waals surface area contributed by atoms with E-state index in [2.05, 4.69) is 5.32 Å². The number of carbonyl (C=O) groups is 2. The van der Waals surface area contributed by atoms with Crippen molar-refractivity contribution < 1.29 is 19.1 Å². The van der Waals surface area contributed by atoms with Crippen LogP contribution in [0.4, 0.5) is 5.69 Å². The summed E-state index contributed by atoms with van der Waals surface area (Å²) in [6.45, 7) is 2.18. The van der Waals surface area contributed by atoms with E-state index in [1.807, 2.05) is 36.4 Å². The normalized spacial score (nSPS) is 10.1. The first kappa shape index (κ1) is 19.3. The molecule has 0 aliphatic rings. The van der Waals surface area contributed by atoms with Gasteiger partial charge in [-0.1, -0.05) is 24.3 Å². The number of hydrogen-bond acceptors (Lipinski definition) is 4. The van der Waals surface area contributed by atoms with E-state index < -0.39 is 0 Å². The molecule has 6 heteroatoms. The highest BCUT2D eigenvalue weighted by Gasteiger charge is 2.16. The molecule has 6 nitrogen and oxygen atoms in total. The number of nitrogens with zero attached hydrogens (tertiary/aromatic N) is 1. The van der Waals surface area contributed by atoms with Crippen LogP contribution in [0, 0.1) is 0 Å². The molecule has 1 N–H and O–H groups in total. The minimum Gasteiger partial charge on any atom is -0.497 e. The molecule has 0 aliphatic carbocycles. The summed E-state index contributed by atoms with van der Waals surface area (Å²) in [5, 5.41) is 2.86. The Morgan fingerprint density at radius 1 is 1.00 bits per heavy atom. The lowest BCUT2D eigenvalue weighted by atomic mass is 10.2. The Bertz CT molecular complexity index is 744. The summed E-state index contributed by atoms with van der Waals surface area (Å²) >= 11 is 0. The van der Waals surface area contributed by atoms with E-state index in [1.165, 1.54) is 6.92 Å². The van der Waals surface area contributed by atoms with Crippen LogP contribution in [0.1, 0.15) is 18.9 Å². The number of anilines is 1. The van der Waals surface area contributed by atoms with Crippen LogP contribution < -0.4 is 19.7 Å². The molecule has 2 amide bonds. The fourth-order valence-electron chi connectivity index (χ4n) is 2.55. The standard InChI is InChI=1S/C20H24N2O4/c1-15(23)22(18-6-4-5-7-19(18)26-3)13-12-20(24)21-14-16-8-10-17(25-2)11-9-16/h4-11H,12-14H2,1-3H3,(H,21,24). The van der Waals surface area contributed by atoms with Crippen molar-refractivity contribution in [3.8, 4) is 11.5 Å². The first-order valence-electron chi connectivity index (χ1n) is 8.36. The second-order valence-corrected chi connectivity index (χ2v) is 5.72. The number of benzene rings is 2. The summed E-state index contributed by atoms with van der Waals surface area (Å²) in [4.78, 5) is 25.7. The Labute approximate surface area is 153 Å². The van der Waals surface area contributed by atoms with E-state index in [0.717, 1.165) is 11.3 Å². The van der Waals surface area contributed by atoms with Gasteiger partial charge in [-0.25, -0.2) is 0 Å². The Morgan fingerprint density at radius 2 is 1.69 bits per heavy atom. The van der Waals surface area contributed by atoms with Gasteiger partial charge in [0.25, 0.3) is 0 Å². The fourth-order valence-corrected chi connectivity index (χ4v) is 2.55. The van der Waals surface area contributed by atoms with Crippen molar-refractivity contribution in [1.82, 2.24) is 5.32 Å². The lowest BCUT2D eigenvalue weighted by Crippen LogP contribution is -2.34. The van der Waals surface area contributed by atoms with Crippen LogP contribution in [0.3, 0.4) is 0 Å². The zero-order chi connectivity index (χ0) is 18.9. The van der Waals surface area contributed by atoms with Gasteiger partial charge in [0.2, 0.25) is 11.8 Å². The molecule has 0 radical (unpaired) electrons. The lowest BCUT2D eigenvalue weighted by Gasteiger charge is -2.23. The SMILES string of the molecule is COc1ccc(CNC(=O)CCN(C(C)=O)c2ccccc2OC)cc1. The van der Waals surface area contributed by atoms with Crippen molar-refractivity contribution in [1.29, 1.82) is 0 Å². The van der Waals surface area contributed by atoms with E-state index >= 15 is 0 Å². The van der Waals surface area contributed by atoms with Crippen LogP contribution in [-0.2, 0) is 16.1 Å². The van der Waals surface area contributed by atoms with Crippen LogP contribution >= 0.6 is 0 Å². The summed E-state index contributed by atoms with van der Waals surface area (Å²) in [6, 6.07) is 14.7. The van der Waals surface area contributed by atoms with Crippen molar-refractivity contribution >= 4 is 17.5 Å². The molecular weight excluding hydrogens is 332 g/mol. The molecule has 138 valence electrons. The van der Waals surface area contributed by atoms with E-state index in [4.69, 9.17) is 9.47 Å². The molecule has 0 bridgehead atoms. The number of ether oxygens (including phenoxy) is 2. The molecule has 0 atom stereocenters. The Kier molecular flexibility index (Phi) is 7.02. The number of amides is 2. The van der Waals surface area contributed by atoms with Gasteiger partial charge in [-0.3, -0.25) is 9.59 Å². The predicted molar refractivity (Wildman–Crippen MR) is 100 cm³/mol. The quantitative estimate of drug-likeness (QED) is 0.790. The summed E-state index contributed by atoms with van der Waals surface area (Å²) in [5.74, 6) is 1.11. The first-order valence-corrected chi connectivity index (χ1v) is 8.36. The number of nitrogens with one attached hydrogen (secondary N) is 1. The van der Waals surface area contributed by atoms with E-state index in [9.17, 15) is 9.59 Å². The third-order valence-corrected chi connectivity index (χ3v) is 3.97. The molecule has 2 aromatic rings. The highest BCUT2D eigenvalue weighted by molar-refractivity contribution is 5.93. The zero-order valence-corrected chi connectivity index (χ0v) is 15.3. The molecular formula is C20H24N2O4. The number of carbonyl (C=O) groups excluding carboxylic acids is 2. The van der Waals surface area contributed by atoms with Gasteiger partial charge in [-0.05, 0) is 29.8 Å². The topological polar surface area (TPSA) is 67.9 Å². The van der Waals surface area contributed by atoms with Crippen molar-refractivity contribution in [2.75, 3.05) is 25.7 Å². The minimum absolute atomic E-state index is 0.123. The first-order chi connectivity index (χ1) is 12.5. The minimum atomic E-state index is -0.141. The van der Waals surface area contributed by atoms with Crippen LogP contribution in [0.25, 0.3) is 0 Å². The average Bonchev–Trinajstić information content (AvgIpc) is 2.67. The van der Waals surface area contributed by atoms with Crippen LogP contribution in [-0.4, -0.2) is 32.6 Å². The molecule has 0 heterocycles. The molecule has 2 rings (SSSR count). The molecule has 2 aromatic carbocycles. The Morgan fingerprint density at radius 3 is 2.31 bits per heavy atom. The van der Waals surface area contributed by atoms with Crippen molar-refractivity contribution in [3.63, 3.8) is 0 Å². The summed E-state index contributed by atoms with van der Waals surface area (Å²) < 4.78 is 10.4. The number of rotatable bonds is 8. The van der Waals surface area contributed by atoms with Gasteiger partial charge in [0.05, 0.1) is 19.9 Å². The van der Waals surface area contributed by atoms with Crippen molar-refractivity contribution in [3.05, 3.63) is 54.1 Å². The Hall–Kier alpha value is -3.02. The Balaban J connectivity index is 1.91. The van der Waals surface area contributed by atoms with Crippen molar-refractivity contribution in [2.24, 2.45) is 0 Å². The fraction of sp³-hybridized carbons (Fsp3) is 0.300. The number of para-hydroxylation sites is 2. The molecule has 0 aromatic heterocycles. The summed E-state index contributed by atoms with van der Waals surface area (Å²) in [6.07, 6.45) is 0.202. The third kappa shape index (κ3) is 5.24. The maximum Gasteiger partial charge on any atom is 0.223 e. The smallest absolute Gasteiger partial charge is 0.223 e. The summed E-state index contributed by atoms with van der Waals surface area (Å²) in [7, 11) is 3.16. The highest BCUT2D eigenvalue weighted by Crippen LogP contribution is 2.27. The second kappa shape index (κ2) is 9.46. The maximum absolute atomic E-state index is 12.1. The highest BCUT2D eigenvalue weighted by atomic mass is 16.5. The largest absolute Gasteiger partial charge is 0.497 e. The van der Waals surface area contributed by atoms with E-state index in [-0.39, 0.29) is 24.8 Å². The van der Waals surface area contributed by atoms with E-state index in [1.54, 1.807) is 31.3 Å². The van der Waals surface area contributed by atoms with Gasteiger partial charge in [0.1, 0.15) is 11.5 Å². The molecule has 0 aliphatic heterocycles. The second-order valence-electron chi connectivity index (χ2n) is 5.72.